The van der Waals surface area contributed by atoms with Gasteiger partial charge < -0.3 is 9.47 Å². The van der Waals surface area contributed by atoms with Gasteiger partial charge in [0.05, 0.1) is 17.2 Å². The fourth-order valence-electron chi connectivity index (χ4n) is 2.71. The third-order valence-electron chi connectivity index (χ3n) is 4.05. The van der Waals surface area contributed by atoms with Gasteiger partial charge in [0.25, 0.3) is 11.8 Å². The molecule has 0 unspecified atom stereocenters. The van der Waals surface area contributed by atoms with E-state index in [1.807, 2.05) is 0 Å². The molecule has 1 saturated heterocycles. The minimum atomic E-state index is -0.685. The van der Waals surface area contributed by atoms with E-state index in [2.05, 4.69) is 5.43 Å². The number of ether oxygens (including phenoxy) is 2. The van der Waals surface area contributed by atoms with Gasteiger partial charge >= 0.3 is 11.7 Å². The van der Waals surface area contributed by atoms with Gasteiger partial charge in [-0.1, -0.05) is 24.3 Å². The van der Waals surface area contributed by atoms with Crippen molar-refractivity contribution in [3.63, 3.8) is 0 Å². The lowest BCUT2D eigenvalue weighted by Gasteiger charge is -2.13. The molecule has 0 bridgehead atoms. The highest BCUT2D eigenvalue weighted by Gasteiger charge is 2.34. The van der Waals surface area contributed by atoms with Crippen molar-refractivity contribution < 1.29 is 28.8 Å². The van der Waals surface area contributed by atoms with Gasteiger partial charge in [0.15, 0.2) is 12.4 Å². The Labute approximate surface area is 170 Å². The van der Waals surface area contributed by atoms with Crippen LogP contribution in [0, 0.1) is 10.1 Å². The highest BCUT2D eigenvalue weighted by Crippen LogP contribution is 2.30. The molecule has 0 radical (unpaired) electrons. The maximum absolute atomic E-state index is 12.6. The summed E-state index contributed by atoms with van der Waals surface area (Å²) < 4.78 is 9.88. The summed E-state index contributed by atoms with van der Waals surface area (Å²) in [5, 5.41) is 12.5. The standard InChI is InChI=1S/C20H17N3O7/c1-2-29-18(24)12-30-17-9-8-13(11-16(17)23(27)28)10-15-19(25)21-22(20(15)26)14-6-4-3-5-7-14/h3-11H,2,12H2,1H3,(H,21,25)/b15-10-. The Hall–Kier alpha value is -4.21. The number of hydrazine groups is 1. The Morgan fingerprint density at radius 1 is 1.20 bits per heavy atom. The van der Waals surface area contributed by atoms with Crippen LogP contribution in [0.5, 0.6) is 5.75 Å². The summed E-state index contributed by atoms with van der Waals surface area (Å²) in [7, 11) is 0. The van der Waals surface area contributed by atoms with Crippen molar-refractivity contribution in [3.8, 4) is 5.75 Å². The summed E-state index contributed by atoms with van der Waals surface area (Å²) in [6.45, 7) is 1.30. The van der Waals surface area contributed by atoms with E-state index in [4.69, 9.17) is 9.47 Å². The van der Waals surface area contributed by atoms with Gasteiger partial charge in [-0.25, -0.2) is 9.80 Å². The largest absolute Gasteiger partial charge is 0.475 e. The fourth-order valence-corrected chi connectivity index (χ4v) is 2.71. The van der Waals surface area contributed by atoms with E-state index in [0.29, 0.717) is 5.69 Å². The van der Waals surface area contributed by atoms with Crippen LogP contribution in [-0.2, 0) is 19.1 Å². The van der Waals surface area contributed by atoms with Crippen molar-refractivity contribution >= 4 is 35.2 Å². The lowest BCUT2D eigenvalue weighted by atomic mass is 10.1. The van der Waals surface area contributed by atoms with Crippen LogP contribution in [0.3, 0.4) is 0 Å². The molecule has 0 aliphatic carbocycles. The maximum atomic E-state index is 12.6. The van der Waals surface area contributed by atoms with E-state index >= 15 is 0 Å². The van der Waals surface area contributed by atoms with Crippen LogP contribution >= 0.6 is 0 Å². The Balaban J connectivity index is 1.85. The zero-order chi connectivity index (χ0) is 21.7. The minimum Gasteiger partial charge on any atom is -0.475 e. The molecule has 30 heavy (non-hydrogen) atoms. The Morgan fingerprint density at radius 2 is 1.93 bits per heavy atom. The minimum absolute atomic E-state index is 0.136. The van der Waals surface area contributed by atoms with Crippen molar-refractivity contribution in [2.45, 2.75) is 6.92 Å². The topological polar surface area (TPSA) is 128 Å². The van der Waals surface area contributed by atoms with E-state index in [0.717, 1.165) is 11.1 Å². The SMILES string of the molecule is CCOC(=O)COc1ccc(/C=C2/C(=O)NN(c3ccccc3)C2=O)cc1[N+](=O)[O-]. The Kier molecular flexibility index (Phi) is 6.06. The van der Waals surface area contributed by atoms with Gasteiger partial charge in [-0.05, 0) is 36.8 Å². The second-order valence-corrected chi connectivity index (χ2v) is 6.05. The molecule has 3 rings (SSSR count). The summed E-state index contributed by atoms with van der Waals surface area (Å²) in [5.74, 6) is -2.01. The van der Waals surface area contributed by atoms with Crippen LogP contribution in [0.1, 0.15) is 12.5 Å². The van der Waals surface area contributed by atoms with E-state index in [-0.39, 0.29) is 23.5 Å². The van der Waals surface area contributed by atoms with Crippen LogP contribution < -0.4 is 15.2 Å². The molecule has 1 fully saturated rings. The number of rotatable bonds is 7. The van der Waals surface area contributed by atoms with Gasteiger partial charge in [0.2, 0.25) is 0 Å². The summed E-state index contributed by atoms with van der Waals surface area (Å²) in [6, 6.07) is 12.4. The summed E-state index contributed by atoms with van der Waals surface area (Å²) in [5.41, 5.74) is 2.59. The first-order valence-corrected chi connectivity index (χ1v) is 8.89. The quantitative estimate of drug-likeness (QED) is 0.243. The van der Waals surface area contributed by atoms with E-state index in [1.54, 1.807) is 37.3 Å². The third-order valence-corrected chi connectivity index (χ3v) is 4.05. The lowest BCUT2D eigenvalue weighted by molar-refractivity contribution is -0.385. The van der Waals surface area contributed by atoms with Crippen molar-refractivity contribution in [2.75, 3.05) is 18.2 Å². The molecule has 1 aliphatic rings. The summed E-state index contributed by atoms with van der Waals surface area (Å²) in [6.07, 6.45) is 1.25. The highest BCUT2D eigenvalue weighted by atomic mass is 16.6. The molecular formula is C20H17N3O7. The summed E-state index contributed by atoms with van der Waals surface area (Å²) >= 11 is 0. The van der Waals surface area contributed by atoms with Crippen LogP contribution in [-0.4, -0.2) is 35.9 Å². The Bertz CT molecular complexity index is 1030. The number of nitro benzene ring substituents is 1. The Morgan fingerprint density at radius 3 is 2.60 bits per heavy atom. The number of hydrogen-bond donors (Lipinski definition) is 1. The molecule has 0 atom stereocenters. The predicted octanol–water partition coefficient (Wildman–Crippen LogP) is 2.00. The average molecular weight is 411 g/mol. The normalized spacial score (nSPS) is 14.6. The lowest BCUT2D eigenvalue weighted by Crippen LogP contribution is -2.35. The van der Waals surface area contributed by atoms with E-state index in [9.17, 15) is 24.5 Å². The molecule has 1 N–H and O–H groups in total. The molecule has 1 heterocycles. The first-order valence-electron chi connectivity index (χ1n) is 8.89. The molecule has 2 aromatic carbocycles. The van der Waals surface area contributed by atoms with Crippen molar-refractivity contribution in [1.29, 1.82) is 0 Å². The average Bonchev–Trinajstić information content (AvgIpc) is 3.01. The smallest absolute Gasteiger partial charge is 0.344 e. The zero-order valence-electron chi connectivity index (χ0n) is 15.9. The predicted molar refractivity (Wildman–Crippen MR) is 105 cm³/mol. The van der Waals surface area contributed by atoms with E-state index < -0.39 is 35.0 Å². The number of nitrogens with one attached hydrogen (secondary N) is 1. The molecule has 1 aliphatic heterocycles. The number of carbonyl (C=O) groups is 3. The van der Waals surface area contributed by atoms with Crippen LogP contribution in [0.15, 0.2) is 54.1 Å². The van der Waals surface area contributed by atoms with Gasteiger partial charge in [0, 0.05) is 6.07 Å². The molecular weight excluding hydrogens is 394 g/mol. The van der Waals surface area contributed by atoms with Crippen LogP contribution in [0.4, 0.5) is 11.4 Å². The fraction of sp³-hybridized carbons (Fsp3) is 0.150. The molecule has 0 saturated carbocycles. The first-order chi connectivity index (χ1) is 14.4. The second kappa shape index (κ2) is 8.86. The molecule has 10 heteroatoms. The van der Waals surface area contributed by atoms with Crippen molar-refractivity contribution in [2.24, 2.45) is 0 Å². The van der Waals surface area contributed by atoms with Gasteiger partial charge in [-0.2, -0.15) is 0 Å². The monoisotopic (exact) mass is 411 g/mol. The van der Waals surface area contributed by atoms with Crippen molar-refractivity contribution in [3.05, 3.63) is 69.8 Å². The van der Waals surface area contributed by atoms with Crippen LogP contribution in [0.25, 0.3) is 6.08 Å². The molecule has 10 nitrogen and oxygen atoms in total. The number of carbonyl (C=O) groups excluding carboxylic acids is 3. The molecule has 2 aromatic rings. The number of anilines is 1. The number of esters is 1. The number of benzene rings is 2. The number of para-hydroxylation sites is 1. The number of nitro groups is 1. The second-order valence-electron chi connectivity index (χ2n) is 6.05. The first kappa shape index (κ1) is 20.5. The highest BCUT2D eigenvalue weighted by molar-refractivity contribution is 6.31. The number of nitrogens with zero attached hydrogens (tertiary/aromatic N) is 2. The zero-order valence-corrected chi connectivity index (χ0v) is 15.9. The molecule has 2 amide bonds. The van der Waals surface area contributed by atoms with E-state index in [1.165, 1.54) is 18.2 Å². The molecule has 154 valence electrons. The maximum Gasteiger partial charge on any atom is 0.344 e. The molecule has 0 aromatic heterocycles. The number of amides is 2. The third kappa shape index (κ3) is 4.43. The number of hydrogen-bond acceptors (Lipinski definition) is 7. The van der Waals surface area contributed by atoms with Gasteiger partial charge in [0.1, 0.15) is 5.57 Å². The molecule has 0 spiro atoms. The van der Waals surface area contributed by atoms with Crippen LogP contribution in [0.2, 0.25) is 0 Å². The van der Waals surface area contributed by atoms with Gasteiger partial charge in [-0.3, -0.25) is 25.1 Å². The van der Waals surface area contributed by atoms with Gasteiger partial charge in [-0.15, -0.1) is 0 Å². The van der Waals surface area contributed by atoms with Crippen molar-refractivity contribution in [1.82, 2.24) is 5.43 Å². The summed E-state index contributed by atoms with van der Waals surface area (Å²) in [4.78, 5) is 47.0.